The van der Waals surface area contributed by atoms with Crippen LogP contribution in [0.5, 0.6) is 0 Å². The van der Waals surface area contributed by atoms with E-state index in [1.54, 1.807) is 12.1 Å². The van der Waals surface area contributed by atoms with Crippen LogP contribution in [0.4, 0.5) is 36.3 Å². The molecule has 0 spiro atoms. The second-order valence-corrected chi connectivity index (χ2v) is 7.00. The molecule has 0 atom stereocenters. The molecular formula is C22H23F3N4. The normalized spacial score (nSPS) is 11.6. The van der Waals surface area contributed by atoms with Gasteiger partial charge < -0.3 is 10.6 Å². The molecule has 29 heavy (non-hydrogen) atoms. The fraction of sp³-hybridized carbons (Fsp3) is 0.273. The number of hydrogen-bond acceptors (Lipinski definition) is 4. The summed E-state index contributed by atoms with van der Waals surface area (Å²) in [5.41, 5.74) is 2.45. The second-order valence-electron chi connectivity index (χ2n) is 7.00. The molecular weight excluding hydrogens is 377 g/mol. The van der Waals surface area contributed by atoms with E-state index in [0.29, 0.717) is 11.4 Å². The standard InChI is InChI=1S/C22H23F3N4/c1-4-15-9-11-16(12-10-15)27-21-26-13-18(22(23,24)25)20(29-21)28-19-8-6-5-7-17(19)14(2)3/h5-14H,4H2,1-3H3,(H2,26,27,28,29). The second kappa shape index (κ2) is 8.51. The molecule has 0 aliphatic rings. The zero-order valence-corrected chi connectivity index (χ0v) is 16.5. The van der Waals surface area contributed by atoms with Crippen LogP contribution in [-0.2, 0) is 12.6 Å². The summed E-state index contributed by atoms with van der Waals surface area (Å²) in [7, 11) is 0. The van der Waals surface area contributed by atoms with Gasteiger partial charge in [-0.2, -0.15) is 18.2 Å². The predicted molar refractivity (Wildman–Crippen MR) is 110 cm³/mol. The molecule has 3 aromatic rings. The summed E-state index contributed by atoms with van der Waals surface area (Å²) in [5, 5.41) is 5.83. The Bertz CT molecular complexity index is 967. The lowest BCUT2D eigenvalue weighted by molar-refractivity contribution is -0.137. The molecule has 4 nitrogen and oxygen atoms in total. The Labute approximate surface area is 168 Å². The number of nitrogens with one attached hydrogen (secondary N) is 2. The lowest BCUT2D eigenvalue weighted by Gasteiger charge is -2.18. The van der Waals surface area contributed by atoms with E-state index in [0.717, 1.165) is 23.7 Å². The molecule has 1 aromatic heterocycles. The molecule has 0 saturated heterocycles. The van der Waals surface area contributed by atoms with Crippen LogP contribution in [0.2, 0.25) is 0 Å². The van der Waals surface area contributed by atoms with Crippen LogP contribution in [0.25, 0.3) is 0 Å². The molecule has 152 valence electrons. The van der Waals surface area contributed by atoms with Gasteiger partial charge in [-0.05, 0) is 41.7 Å². The summed E-state index contributed by atoms with van der Waals surface area (Å²) in [6.45, 7) is 6.02. The van der Waals surface area contributed by atoms with E-state index < -0.39 is 11.7 Å². The summed E-state index contributed by atoms with van der Waals surface area (Å²) < 4.78 is 40.5. The molecule has 7 heteroatoms. The molecule has 0 saturated carbocycles. The highest BCUT2D eigenvalue weighted by Crippen LogP contribution is 2.36. The number of aromatic nitrogens is 2. The van der Waals surface area contributed by atoms with Crippen molar-refractivity contribution >= 4 is 23.1 Å². The molecule has 0 fully saturated rings. The minimum atomic E-state index is -4.57. The summed E-state index contributed by atoms with van der Waals surface area (Å²) in [5.74, 6) is -0.0513. The van der Waals surface area contributed by atoms with Crippen LogP contribution in [0.3, 0.4) is 0 Å². The molecule has 0 unspecified atom stereocenters. The Balaban J connectivity index is 1.96. The minimum absolute atomic E-state index is 0.0896. The molecule has 2 aromatic carbocycles. The maximum Gasteiger partial charge on any atom is 0.421 e. The van der Waals surface area contributed by atoms with Crippen molar-refractivity contribution in [1.29, 1.82) is 0 Å². The number of alkyl halides is 3. The first kappa shape index (κ1) is 20.6. The first-order valence-corrected chi connectivity index (χ1v) is 9.44. The molecule has 3 rings (SSSR count). The summed E-state index contributed by atoms with van der Waals surface area (Å²) in [6, 6.07) is 14.9. The van der Waals surface area contributed by atoms with Crippen LogP contribution in [0.1, 0.15) is 43.4 Å². The molecule has 0 aliphatic heterocycles. The monoisotopic (exact) mass is 400 g/mol. The van der Waals surface area contributed by atoms with Gasteiger partial charge >= 0.3 is 6.18 Å². The fourth-order valence-corrected chi connectivity index (χ4v) is 2.94. The van der Waals surface area contributed by atoms with Crippen molar-refractivity contribution in [3.8, 4) is 0 Å². The Morgan fingerprint density at radius 2 is 1.66 bits per heavy atom. The smallest absolute Gasteiger partial charge is 0.339 e. The van der Waals surface area contributed by atoms with E-state index in [9.17, 15) is 13.2 Å². The van der Waals surface area contributed by atoms with Gasteiger partial charge in [0.1, 0.15) is 11.4 Å². The third-order valence-corrected chi connectivity index (χ3v) is 4.55. The predicted octanol–water partition coefficient (Wildman–Crippen LogP) is 6.67. The van der Waals surface area contributed by atoms with Gasteiger partial charge in [0.2, 0.25) is 5.95 Å². The van der Waals surface area contributed by atoms with Gasteiger partial charge in [0.25, 0.3) is 0 Å². The molecule has 0 bridgehead atoms. The number of halogens is 3. The topological polar surface area (TPSA) is 49.8 Å². The van der Waals surface area contributed by atoms with Gasteiger partial charge in [0.05, 0.1) is 0 Å². The highest BCUT2D eigenvalue weighted by molar-refractivity contribution is 5.66. The summed E-state index contributed by atoms with van der Waals surface area (Å²) >= 11 is 0. The van der Waals surface area contributed by atoms with Gasteiger partial charge in [-0.25, -0.2) is 4.98 Å². The lowest BCUT2D eigenvalue weighted by Crippen LogP contribution is -2.13. The Morgan fingerprint density at radius 3 is 2.28 bits per heavy atom. The maximum atomic E-state index is 13.5. The average molecular weight is 400 g/mol. The van der Waals surface area contributed by atoms with Gasteiger partial charge in [-0.15, -0.1) is 0 Å². The van der Waals surface area contributed by atoms with E-state index in [-0.39, 0.29) is 17.7 Å². The van der Waals surface area contributed by atoms with Crippen LogP contribution in [-0.4, -0.2) is 9.97 Å². The first-order chi connectivity index (χ1) is 13.8. The zero-order valence-electron chi connectivity index (χ0n) is 16.5. The van der Waals surface area contributed by atoms with Gasteiger partial charge in [0, 0.05) is 17.6 Å². The Morgan fingerprint density at radius 1 is 0.966 bits per heavy atom. The number of nitrogens with zero attached hydrogens (tertiary/aromatic N) is 2. The fourth-order valence-electron chi connectivity index (χ4n) is 2.94. The van der Waals surface area contributed by atoms with E-state index >= 15 is 0 Å². The number of aryl methyl sites for hydroxylation is 1. The third kappa shape index (κ3) is 5.04. The van der Waals surface area contributed by atoms with Crippen LogP contribution in [0, 0.1) is 0 Å². The number of benzene rings is 2. The Hall–Kier alpha value is -3.09. The number of rotatable bonds is 6. The van der Waals surface area contributed by atoms with E-state index in [2.05, 4.69) is 20.6 Å². The van der Waals surface area contributed by atoms with Crippen LogP contribution in [0.15, 0.2) is 54.7 Å². The highest BCUT2D eigenvalue weighted by Gasteiger charge is 2.35. The third-order valence-electron chi connectivity index (χ3n) is 4.55. The molecule has 2 N–H and O–H groups in total. The van der Waals surface area contributed by atoms with E-state index in [4.69, 9.17) is 0 Å². The van der Waals surface area contributed by atoms with E-state index in [1.807, 2.05) is 57.2 Å². The highest BCUT2D eigenvalue weighted by atomic mass is 19.4. The van der Waals surface area contributed by atoms with Crippen molar-refractivity contribution in [2.24, 2.45) is 0 Å². The average Bonchev–Trinajstić information content (AvgIpc) is 2.68. The summed E-state index contributed by atoms with van der Waals surface area (Å²) in [4.78, 5) is 7.98. The van der Waals surface area contributed by atoms with E-state index in [1.165, 1.54) is 0 Å². The van der Waals surface area contributed by atoms with Crippen molar-refractivity contribution in [3.05, 3.63) is 71.4 Å². The summed E-state index contributed by atoms with van der Waals surface area (Å²) in [6.07, 6.45) is -2.87. The molecule has 1 heterocycles. The number of hydrogen-bond donors (Lipinski definition) is 2. The van der Waals surface area contributed by atoms with Gasteiger partial charge in [-0.3, -0.25) is 0 Å². The van der Waals surface area contributed by atoms with Gasteiger partial charge in [0.15, 0.2) is 0 Å². The largest absolute Gasteiger partial charge is 0.421 e. The van der Waals surface area contributed by atoms with Crippen molar-refractivity contribution in [2.75, 3.05) is 10.6 Å². The minimum Gasteiger partial charge on any atom is -0.339 e. The van der Waals surface area contributed by atoms with Crippen molar-refractivity contribution < 1.29 is 13.2 Å². The number of para-hydroxylation sites is 1. The van der Waals surface area contributed by atoms with Gasteiger partial charge in [-0.1, -0.05) is 51.1 Å². The molecule has 0 amide bonds. The van der Waals surface area contributed by atoms with Crippen molar-refractivity contribution in [1.82, 2.24) is 9.97 Å². The van der Waals surface area contributed by atoms with Crippen LogP contribution >= 0.6 is 0 Å². The molecule has 0 aliphatic carbocycles. The van der Waals surface area contributed by atoms with Crippen molar-refractivity contribution in [3.63, 3.8) is 0 Å². The van der Waals surface area contributed by atoms with Crippen LogP contribution < -0.4 is 10.6 Å². The SMILES string of the molecule is CCc1ccc(Nc2ncc(C(F)(F)F)c(Nc3ccccc3C(C)C)n2)cc1. The lowest BCUT2D eigenvalue weighted by atomic mass is 10.0. The number of anilines is 4. The maximum absolute atomic E-state index is 13.5. The van der Waals surface area contributed by atoms with Crippen molar-refractivity contribution in [2.45, 2.75) is 39.3 Å². The molecule has 0 radical (unpaired) electrons. The first-order valence-electron chi connectivity index (χ1n) is 9.44. The Kier molecular flexibility index (Phi) is 6.06. The zero-order chi connectivity index (χ0) is 21.0. The quantitative estimate of drug-likeness (QED) is 0.485.